The number of likely N-dealkylation sites (tertiary alicyclic amines) is 2. The molecule has 3 rings (SSSR count). The Morgan fingerprint density at radius 2 is 1.78 bits per heavy atom. The van der Waals surface area contributed by atoms with Crippen LogP contribution in [-0.2, 0) is 9.59 Å². The Kier molecular flexibility index (Phi) is 3.11. The van der Waals surface area contributed by atoms with Crippen LogP contribution in [0.4, 0.5) is 0 Å². The first kappa shape index (κ1) is 12.1. The third-order valence-electron chi connectivity index (χ3n) is 4.69. The largest absolute Gasteiger partial charge is 0.393 e. The number of fused-ring (bicyclic) bond motifs is 1. The average molecular weight is 252 g/mol. The molecule has 0 aromatic carbocycles. The van der Waals surface area contributed by atoms with E-state index in [0.717, 1.165) is 32.5 Å². The molecule has 0 radical (unpaired) electrons. The molecule has 3 atom stereocenters. The van der Waals surface area contributed by atoms with Gasteiger partial charge in [0, 0.05) is 44.9 Å². The van der Waals surface area contributed by atoms with E-state index in [1.54, 1.807) is 0 Å². The molecular formula is C13H20N2O3. The van der Waals surface area contributed by atoms with Crippen LogP contribution in [0.5, 0.6) is 0 Å². The highest BCUT2D eigenvalue weighted by Gasteiger charge is 2.41. The Morgan fingerprint density at radius 1 is 1.06 bits per heavy atom. The molecule has 0 spiro atoms. The first-order valence-corrected chi connectivity index (χ1v) is 6.89. The zero-order valence-corrected chi connectivity index (χ0v) is 10.5. The molecule has 2 aliphatic heterocycles. The number of carbonyl (C=O) groups is 2. The number of nitrogens with zero attached hydrogens (tertiary/aromatic N) is 2. The lowest BCUT2D eigenvalue weighted by Crippen LogP contribution is -2.37. The van der Waals surface area contributed by atoms with Crippen LogP contribution in [0.2, 0.25) is 0 Å². The zero-order valence-electron chi connectivity index (χ0n) is 10.5. The maximum atomic E-state index is 11.5. The van der Waals surface area contributed by atoms with E-state index in [1.165, 1.54) is 4.90 Å². The summed E-state index contributed by atoms with van der Waals surface area (Å²) in [7, 11) is 0. The first-order chi connectivity index (χ1) is 8.65. The number of amides is 2. The van der Waals surface area contributed by atoms with Crippen LogP contribution >= 0.6 is 0 Å². The third kappa shape index (κ3) is 2.06. The first-order valence-electron chi connectivity index (χ1n) is 6.89. The van der Waals surface area contributed by atoms with E-state index in [1.807, 2.05) is 0 Å². The Balaban J connectivity index is 1.50. The third-order valence-corrected chi connectivity index (χ3v) is 4.69. The predicted molar refractivity (Wildman–Crippen MR) is 64.6 cm³/mol. The van der Waals surface area contributed by atoms with Gasteiger partial charge in [0.2, 0.25) is 11.8 Å². The molecule has 3 aliphatic rings. The number of carbonyl (C=O) groups excluding carboxylic acids is 2. The number of imide groups is 1. The van der Waals surface area contributed by atoms with Crippen LogP contribution in [0.1, 0.15) is 25.7 Å². The predicted octanol–water partition coefficient (Wildman–Crippen LogP) is -0.162. The van der Waals surface area contributed by atoms with E-state index in [2.05, 4.69) is 4.90 Å². The van der Waals surface area contributed by atoms with E-state index >= 15 is 0 Å². The van der Waals surface area contributed by atoms with Crippen LogP contribution in [-0.4, -0.2) is 59.0 Å². The van der Waals surface area contributed by atoms with Crippen LogP contribution in [0.25, 0.3) is 0 Å². The van der Waals surface area contributed by atoms with Crippen LogP contribution in [0.15, 0.2) is 0 Å². The number of hydrogen-bond acceptors (Lipinski definition) is 4. The van der Waals surface area contributed by atoms with Crippen LogP contribution in [0, 0.1) is 11.8 Å². The fourth-order valence-corrected chi connectivity index (χ4v) is 3.63. The molecule has 1 aliphatic carbocycles. The molecule has 3 unspecified atom stereocenters. The number of rotatable bonds is 3. The minimum Gasteiger partial charge on any atom is -0.393 e. The SMILES string of the molecule is O=C1CCC(=O)N1CCN1CC2CCC(O)C2C1. The van der Waals surface area contributed by atoms with E-state index in [-0.39, 0.29) is 17.9 Å². The second kappa shape index (κ2) is 4.63. The lowest BCUT2D eigenvalue weighted by Gasteiger charge is -2.21. The molecule has 2 amide bonds. The van der Waals surface area contributed by atoms with Crippen molar-refractivity contribution < 1.29 is 14.7 Å². The number of aliphatic hydroxyl groups is 1. The van der Waals surface area contributed by atoms with Crippen LogP contribution in [0.3, 0.4) is 0 Å². The highest BCUT2D eigenvalue weighted by molar-refractivity contribution is 6.01. The van der Waals surface area contributed by atoms with E-state index in [9.17, 15) is 14.7 Å². The van der Waals surface area contributed by atoms with Gasteiger partial charge in [-0.1, -0.05) is 0 Å². The molecular weight excluding hydrogens is 232 g/mol. The Labute approximate surface area is 107 Å². The maximum Gasteiger partial charge on any atom is 0.229 e. The molecule has 0 bridgehead atoms. The molecule has 5 heteroatoms. The standard InChI is InChI=1S/C13H20N2O3/c16-11-2-1-9-7-14(8-10(9)11)5-6-15-12(17)3-4-13(15)18/h9-11,16H,1-8H2. The van der Waals surface area contributed by atoms with Gasteiger partial charge in [-0.05, 0) is 18.8 Å². The lowest BCUT2D eigenvalue weighted by atomic mass is 10.00. The summed E-state index contributed by atoms with van der Waals surface area (Å²) in [6.45, 7) is 3.21. The summed E-state index contributed by atoms with van der Waals surface area (Å²) < 4.78 is 0. The van der Waals surface area contributed by atoms with Crippen molar-refractivity contribution in [3.8, 4) is 0 Å². The molecule has 0 aromatic rings. The van der Waals surface area contributed by atoms with E-state index in [0.29, 0.717) is 31.2 Å². The Hall–Kier alpha value is -0.940. The summed E-state index contributed by atoms with van der Waals surface area (Å²) in [6.07, 6.45) is 2.66. The summed E-state index contributed by atoms with van der Waals surface area (Å²) in [4.78, 5) is 26.6. The summed E-state index contributed by atoms with van der Waals surface area (Å²) in [5, 5.41) is 9.84. The second-order valence-electron chi connectivity index (χ2n) is 5.77. The van der Waals surface area contributed by atoms with Gasteiger partial charge in [0.25, 0.3) is 0 Å². The van der Waals surface area contributed by atoms with Crippen molar-refractivity contribution in [1.29, 1.82) is 0 Å². The normalized spacial score (nSPS) is 36.7. The zero-order chi connectivity index (χ0) is 12.7. The van der Waals surface area contributed by atoms with Gasteiger partial charge in [-0.25, -0.2) is 0 Å². The van der Waals surface area contributed by atoms with Gasteiger partial charge in [0.05, 0.1) is 6.10 Å². The van der Waals surface area contributed by atoms with E-state index in [4.69, 9.17) is 0 Å². The molecule has 1 saturated carbocycles. The van der Waals surface area contributed by atoms with Gasteiger partial charge in [-0.2, -0.15) is 0 Å². The average Bonchev–Trinajstić information content (AvgIpc) is 2.97. The second-order valence-corrected chi connectivity index (χ2v) is 5.77. The molecule has 100 valence electrons. The highest BCUT2D eigenvalue weighted by Crippen LogP contribution is 2.37. The lowest BCUT2D eigenvalue weighted by molar-refractivity contribution is -0.138. The Morgan fingerprint density at radius 3 is 2.44 bits per heavy atom. The molecule has 18 heavy (non-hydrogen) atoms. The van der Waals surface area contributed by atoms with E-state index < -0.39 is 0 Å². The minimum absolute atomic E-state index is 0.0283. The van der Waals surface area contributed by atoms with Gasteiger partial charge < -0.3 is 10.0 Å². The van der Waals surface area contributed by atoms with Gasteiger partial charge in [0.1, 0.15) is 0 Å². The molecule has 0 aromatic heterocycles. The maximum absolute atomic E-state index is 11.5. The highest BCUT2D eigenvalue weighted by atomic mass is 16.3. The monoisotopic (exact) mass is 252 g/mol. The fraction of sp³-hybridized carbons (Fsp3) is 0.846. The molecule has 5 nitrogen and oxygen atoms in total. The smallest absolute Gasteiger partial charge is 0.229 e. The summed E-state index contributed by atoms with van der Waals surface area (Å²) in [6, 6.07) is 0. The summed E-state index contributed by atoms with van der Waals surface area (Å²) in [5.74, 6) is 0.971. The van der Waals surface area contributed by atoms with Gasteiger partial charge >= 0.3 is 0 Å². The molecule has 2 heterocycles. The molecule has 1 N–H and O–H groups in total. The Bertz CT molecular complexity index is 355. The van der Waals surface area contributed by atoms with Gasteiger partial charge in [-0.15, -0.1) is 0 Å². The number of hydrogen-bond donors (Lipinski definition) is 1. The van der Waals surface area contributed by atoms with Crippen molar-refractivity contribution in [1.82, 2.24) is 9.80 Å². The summed E-state index contributed by atoms with van der Waals surface area (Å²) >= 11 is 0. The van der Waals surface area contributed by atoms with Gasteiger partial charge in [0.15, 0.2) is 0 Å². The summed E-state index contributed by atoms with van der Waals surface area (Å²) in [5.41, 5.74) is 0. The topological polar surface area (TPSA) is 60.9 Å². The van der Waals surface area contributed by atoms with Crippen molar-refractivity contribution in [3.63, 3.8) is 0 Å². The fourth-order valence-electron chi connectivity index (χ4n) is 3.63. The molecule has 3 fully saturated rings. The van der Waals surface area contributed by atoms with Crippen LogP contribution < -0.4 is 0 Å². The minimum atomic E-state index is -0.143. The quantitative estimate of drug-likeness (QED) is 0.709. The van der Waals surface area contributed by atoms with Crippen molar-refractivity contribution in [3.05, 3.63) is 0 Å². The molecule has 2 saturated heterocycles. The van der Waals surface area contributed by atoms with Crippen molar-refractivity contribution in [2.45, 2.75) is 31.8 Å². The van der Waals surface area contributed by atoms with Crippen molar-refractivity contribution in [2.75, 3.05) is 26.2 Å². The van der Waals surface area contributed by atoms with Gasteiger partial charge in [-0.3, -0.25) is 14.5 Å². The van der Waals surface area contributed by atoms with Crippen molar-refractivity contribution >= 4 is 11.8 Å². The van der Waals surface area contributed by atoms with Crippen molar-refractivity contribution in [2.24, 2.45) is 11.8 Å². The number of aliphatic hydroxyl groups excluding tert-OH is 1.